The van der Waals surface area contributed by atoms with Gasteiger partial charge in [0.15, 0.2) is 0 Å². The Labute approximate surface area is 114 Å². The average Bonchev–Trinajstić information content (AvgIpc) is 2.91. The Morgan fingerprint density at radius 1 is 1.32 bits per heavy atom. The fourth-order valence-corrected chi connectivity index (χ4v) is 2.85. The van der Waals surface area contributed by atoms with Crippen molar-refractivity contribution in [2.75, 3.05) is 13.6 Å². The summed E-state index contributed by atoms with van der Waals surface area (Å²) in [6, 6.07) is 7.63. The molecule has 1 aromatic carbocycles. The van der Waals surface area contributed by atoms with E-state index in [-0.39, 0.29) is 5.91 Å². The van der Waals surface area contributed by atoms with E-state index in [4.69, 9.17) is 5.84 Å². The fourth-order valence-electron chi connectivity index (χ4n) is 2.85. The molecule has 0 heterocycles. The summed E-state index contributed by atoms with van der Waals surface area (Å²) >= 11 is 0. The van der Waals surface area contributed by atoms with Gasteiger partial charge in [0.05, 0.1) is 0 Å². The van der Waals surface area contributed by atoms with E-state index in [2.05, 4.69) is 17.4 Å². The highest BCUT2D eigenvalue weighted by molar-refractivity contribution is 5.93. The topological polar surface area (TPSA) is 58.4 Å². The SMILES string of the molecule is CN(Cc1ccc(C(=O)NN)cc1)CC1CCCC1. The maximum Gasteiger partial charge on any atom is 0.265 e. The number of rotatable bonds is 5. The molecule has 19 heavy (non-hydrogen) atoms. The molecular formula is C15H23N3O. The second-order valence-corrected chi connectivity index (χ2v) is 5.52. The van der Waals surface area contributed by atoms with Gasteiger partial charge in [-0.15, -0.1) is 0 Å². The van der Waals surface area contributed by atoms with Crippen LogP contribution in [0.3, 0.4) is 0 Å². The molecule has 2 rings (SSSR count). The molecule has 4 nitrogen and oxygen atoms in total. The minimum Gasteiger partial charge on any atom is -0.302 e. The quantitative estimate of drug-likeness (QED) is 0.483. The molecule has 0 saturated heterocycles. The third-order valence-electron chi connectivity index (χ3n) is 3.84. The number of hydrogen-bond acceptors (Lipinski definition) is 3. The van der Waals surface area contributed by atoms with Gasteiger partial charge in [0.1, 0.15) is 0 Å². The molecule has 104 valence electrons. The first kappa shape index (κ1) is 14.0. The van der Waals surface area contributed by atoms with Crippen LogP contribution >= 0.6 is 0 Å². The van der Waals surface area contributed by atoms with Crippen molar-refractivity contribution in [2.24, 2.45) is 11.8 Å². The van der Waals surface area contributed by atoms with Gasteiger partial charge in [0.2, 0.25) is 0 Å². The normalized spacial score (nSPS) is 15.9. The third kappa shape index (κ3) is 4.04. The Morgan fingerprint density at radius 2 is 1.95 bits per heavy atom. The van der Waals surface area contributed by atoms with E-state index in [9.17, 15) is 4.79 Å². The molecule has 3 N–H and O–H groups in total. The zero-order valence-electron chi connectivity index (χ0n) is 11.6. The van der Waals surface area contributed by atoms with Crippen LogP contribution in [0.1, 0.15) is 41.6 Å². The number of hydrazine groups is 1. The smallest absolute Gasteiger partial charge is 0.265 e. The molecular weight excluding hydrogens is 238 g/mol. The molecule has 1 aromatic rings. The van der Waals surface area contributed by atoms with Gasteiger partial charge >= 0.3 is 0 Å². The number of carbonyl (C=O) groups excluding carboxylic acids is 1. The molecule has 0 radical (unpaired) electrons. The third-order valence-corrected chi connectivity index (χ3v) is 3.84. The Bertz CT molecular complexity index is 410. The number of nitrogens with zero attached hydrogens (tertiary/aromatic N) is 1. The first-order valence-corrected chi connectivity index (χ1v) is 6.97. The summed E-state index contributed by atoms with van der Waals surface area (Å²) in [4.78, 5) is 13.7. The van der Waals surface area contributed by atoms with Crippen LogP contribution in [0.2, 0.25) is 0 Å². The molecule has 1 aliphatic carbocycles. The zero-order chi connectivity index (χ0) is 13.7. The maximum atomic E-state index is 11.3. The minimum absolute atomic E-state index is 0.245. The van der Waals surface area contributed by atoms with E-state index in [1.54, 1.807) is 0 Å². The van der Waals surface area contributed by atoms with Crippen molar-refractivity contribution in [3.63, 3.8) is 0 Å². The molecule has 0 unspecified atom stereocenters. The van der Waals surface area contributed by atoms with Gasteiger partial charge in [0.25, 0.3) is 5.91 Å². The molecule has 4 heteroatoms. The van der Waals surface area contributed by atoms with Crippen LogP contribution < -0.4 is 11.3 Å². The number of hydrogen-bond donors (Lipinski definition) is 2. The molecule has 0 bridgehead atoms. The Hall–Kier alpha value is -1.39. The number of nitrogens with two attached hydrogens (primary N) is 1. The van der Waals surface area contributed by atoms with Crippen molar-refractivity contribution in [3.8, 4) is 0 Å². The van der Waals surface area contributed by atoms with Gasteiger partial charge in [-0.3, -0.25) is 10.2 Å². The van der Waals surface area contributed by atoms with Crippen LogP contribution in [-0.2, 0) is 6.54 Å². The van der Waals surface area contributed by atoms with Crippen molar-refractivity contribution in [1.82, 2.24) is 10.3 Å². The van der Waals surface area contributed by atoms with Crippen LogP contribution in [0, 0.1) is 5.92 Å². The summed E-state index contributed by atoms with van der Waals surface area (Å²) < 4.78 is 0. The summed E-state index contributed by atoms with van der Waals surface area (Å²) in [7, 11) is 2.17. The highest BCUT2D eigenvalue weighted by Gasteiger charge is 2.16. The molecule has 1 aliphatic rings. The fraction of sp³-hybridized carbons (Fsp3) is 0.533. The molecule has 0 aliphatic heterocycles. The van der Waals surface area contributed by atoms with Crippen molar-refractivity contribution in [3.05, 3.63) is 35.4 Å². The summed E-state index contributed by atoms with van der Waals surface area (Å²) in [5.74, 6) is 5.73. The Morgan fingerprint density at radius 3 is 2.53 bits per heavy atom. The van der Waals surface area contributed by atoms with E-state index in [1.807, 2.05) is 24.3 Å². The number of benzene rings is 1. The van der Waals surface area contributed by atoms with Crippen LogP contribution in [-0.4, -0.2) is 24.4 Å². The van der Waals surface area contributed by atoms with E-state index in [0.717, 1.165) is 12.5 Å². The predicted octanol–water partition coefficient (Wildman–Crippen LogP) is 1.91. The molecule has 1 amide bonds. The number of nitrogen functional groups attached to an aromatic ring is 1. The van der Waals surface area contributed by atoms with Crippen LogP contribution in [0.25, 0.3) is 0 Å². The summed E-state index contributed by atoms with van der Waals surface area (Å²) in [6.07, 6.45) is 5.53. The highest BCUT2D eigenvalue weighted by Crippen LogP contribution is 2.25. The minimum atomic E-state index is -0.245. The second kappa shape index (κ2) is 6.68. The van der Waals surface area contributed by atoms with Crippen molar-refractivity contribution < 1.29 is 4.79 Å². The number of carbonyl (C=O) groups is 1. The van der Waals surface area contributed by atoms with Crippen LogP contribution in [0.15, 0.2) is 24.3 Å². The Kier molecular flexibility index (Phi) is 4.93. The lowest BCUT2D eigenvalue weighted by molar-refractivity contribution is 0.0953. The zero-order valence-corrected chi connectivity index (χ0v) is 11.6. The standard InChI is InChI=1S/C15H23N3O/c1-18(10-12-4-2-3-5-12)11-13-6-8-14(9-7-13)15(19)17-16/h6-9,12H,2-5,10-11,16H2,1H3,(H,17,19). The maximum absolute atomic E-state index is 11.3. The first-order chi connectivity index (χ1) is 9.19. The largest absolute Gasteiger partial charge is 0.302 e. The predicted molar refractivity (Wildman–Crippen MR) is 76.4 cm³/mol. The number of amides is 1. The first-order valence-electron chi connectivity index (χ1n) is 6.97. The van der Waals surface area contributed by atoms with Gasteiger partial charge in [-0.25, -0.2) is 5.84 Å². The molecule has 0 atom stereocenters. The number of nitrogens with one attached hydrogen (secondary N) is 1. The molecule has 1 saturated carbocycles. The summed E-state index contributed by atoms with van der Waals surface area (Å²) in [5, 5.41) is 0. The lowest BCUT2D eigenvalue weighted by atomic mass is 10.1. The summed E-state index contributed by atoms with van der Waals surface area (Å²) in [5.41, 5.74) is 3.97. The van der Waals surface area contributed by atoms with Crippen molar-refractivity contribution >= 4 is 5.91 Å². The van der Waals surface area contributed by atoms with Crippen LogP contribution in [0.5, 0.6) is 0 Å². The van der Waals surface area contributed by atoms with E-state index in [1.165, 1.54) is 37.8 Å². The second-order valence-electron chi connectivity index (χ2n) is 5.52. The van der Waals surface area contributed by atoms with Crippen molar-refractivity contribution in [1.29, 1.82) is 0 Å². The lowest BCUT2D eigenvalue weighted by Gasteiger charge is -2.20. The van der Waals surface area contributed by atoms with Gasteiger partial charge in [-0.2, -0.15) is 0 Å². The van der Waals surface area contributed by atoms with Crippen molar-refractivity contribution in [2.45, 2.75) is 32.2 Å². The van der Waals surface area contributed by atoms with Gasteiger partial charge in [-0.1, -0.05) is 25.0 Å². The average molecular weight is 261 g/mol. The van der Waals surface area contributed by atoms with Gasteiger partial charge in [0, 0.05) is 18.7 Å². The van der Waals surface area contributed by atoms with E-state index in [0.29, 0.717) is 5.56 Å². The lowest BCUT2D eigenvalue weighted by Crippen LogP contribution is -2.30. The van der Waals surface area contributed by atoms with Gasteiger partial charge in [-0.05, 0) is 43.5 Å². The molecule has 1 fully saturated rings. The monoisotopic (exact) mass is 261 g/mol. The molecule has 0 spiro atoms. The molecule has 0 aromatic heterocycles. The van der Waals surface area contributed by atoms with E-state index < -0.39 is 0 Å². The van der Waals surface area contributed by atoms with E-state index >= 15 is 0 Å². The van der Waals surface area contributed by atoms with Gasteiger partial charge < -0.3 is 4.90 Å². The summed E-state index contributed by atoms with van der Waals surface area (Å²) in [6.45, 7) is 2.10. The highest BCUT2D eigenvalue weighted by atomic mass is 16.2. The van der Waals surface area contributed by atoms with Crippen LogP contribution in [0.4, 0.5) is 0 Å². The Balaban J connectivity index is 1.86.